The third-order valence-electron chi connectivity index (χ3n) is 3.01. The second-order valence-corrected chi connectivity index (χ2v) is 4.88. The topological polar surface area (TPSA) is 62.4 Å². The highest BCUT2D eigenvalue weighted by Crippen LogP contribution is 2.20. The summed E-state index contributed by atoms with van der Waals surface area (Å²) in [5, 5.41) is 9.48. The first kappa shape index (κ1) is 12.3. The average Bonchev–Trinajstić information content (AvgIpc) is 2.29. The molecule has 0 aliphatic carbocycles. The maximum absolute atomic E-state index is 9.48. The molecular weight excluding hydrogens is 234 g/mol. The fourth-order valence-electron chi connectivity index (χ4n) is 2.05. The van der Waals surface area contributed by atoms with Gasteiger partial charge in [-0.05, 0) is 31.9 Å². The Balaban J connectivity index is 2.23. The van der Waals surface area contributed by atoms with E-state index >= 15 is 0 Å². The minimum atomic E-state index is -0.175. The standard InChI is InChI=1S/C12H17N3OS/c1-8-6-9(12(13)17)7-11(14-8)15-4-2-10(16)3-5-15/h6-7,10,16H,2-5H2,1H3,(H2,13,17). The lowest BCUT2D eigenvalue weighted by Crippen LogP contribution is -2.36. The molecule has 0 amide bonds. The van der Waals surface area contributed by atoms with Crippen LogP contribution in [0.3, 0.4) is 0 Å². The highest BCUT2D eigenvalue weighted by molar-refractivity contribution is 7.80. The summed E-state index contributed by atoms with van der Waals surface area (Å²) in [4.78, 5) is 7.06. The zero-order valence-corrected chi connectivity index (χ0v) is 10.7. The minimum Gasteiger partial charge on any atom is -0.393 e. The third kappa shape index (κ3) is 2.92. The molecule has 0 saturated carbocycles. The number of hydrogen-bond donors (Lipinski definition) is 2. The number of thiocarbonyl (C=S) groups is 1. The Bertz CT molecular complexity index is 428. The van der Waals surface area contributed by atoms with E-state index in [0.29, 0.717) is 4.99 Å². The zero-order chi connectivity index (χ0) is 12.4. The molecule has 1 saturated heterocycles. The van der Waals surface area contributed by atoms with Crippen LogP contribution in [0.4, 0.5) is 5.82 Å². The molecular formula is C12H17N3OS. The van der Waals surface area contributed by atoms with Crippen LogP contribution in [0.25, 0.3) is 0 Å². The van der Waals surface area contributed by atoms with Gasteiger partial charge in [-0.25, -0.2) is 4.98 Å². The quantitative estimate of drug-likeness (QED) is 0.767. The summed E-state index contributed by atoms with van der Waals surface area (Å²) in [6.07, 6.45) is 1.40. The van der Waals surface area contributed by atoms with Gasteiger partial charge in [0.2, 0.25) is 0 Å². The van der Waals surface area contributed by atoms with Crippen LogP contribution in [0.1, 0.15) is 24.1 Å². The molecule has 0 radical (unpaired) electrons. The van der Waals surface area contributed by atoms with Crippen molar-refractivity contribution in [3.8, 4) is 0 Å². The molecule has 17 heavy (non-hydrogen) atoms. The summed E-state index contributed by atoms with van der Waals surface area (Å²) in [7, 11) is 0. The van der Waals surface area contributed by atoms with Gasteiger partial charge in [-0.15, -0.1) is 0 Å². The molecule has 2 rings (SSSR count). The molecule has 1 aliphatic heterocycles. The van der Waals surface area contributed by atoms with E-state index in [1.807, 2.05) is 19.1 Å². The van der Waals surface area contributed by atoms with Gasteiger partial charge in [0.15, 0.2) is 0 Å². The van der Waals surface area contributed by atoms with Crippen molar-refractivity contribution in [3.05, 3.63) is 23.4 Å². The molecule has 0 spiro atoms. The Morgan fingerprint density at radius 3 is 2.71 bits per heavy atom. The number of nitrogens with two attached hydrogens (primary N) is 1. The number of piperidine rings is 1. The highest BCUT2D eigenvalue weighted by atomic mass is 32.1. The first-order valence-electron chi connectivity index (χ1n) is 5.78. The fourth-order valence-corrected chi connectivity index (χ4v) is 2.17. The average molecular weight is 251 g/mol. The lowest BCUT2D eigenvalue weighted by atomic mass is 10.1. The molecule has 0 bridgehead atoms. The van der Waals surface area contributed by atoms with E-state index in [9.17, 15) is 5.11 Å². The molecule has 0 aromatic carbocycles. The van der Waals surface area contributed by atoms with Gasteiger partial charge in [0.05, 0.1) is 6.10 Å². The van der Waals surface area contributed by atoms with Gasteiger partial charge >= 0.3 is 0 Å². The SMILES string of the molecule is Cc1cc(C(N)=S)cc(N2CCC(O)CC2)n1. The number of rotatable bonds is 2. The largest absolute Gasteiger partial charge is 0.393 e. The van der Waals surface area contributed by atoms with Crippen LogP contribution in [-0.4, -0.2) is 34.3 Å². The van der Waals surface area contributed by atoms with Crippen LogP contribution >= 0.6 is 12.2 Å². The Hall–Kier alpha value is -1.20. The van der Waals surface area contributed by atoms with E-state index in [1.165, 1.54) is 0 Å². The van der Waals surface area contributed by atoms with Gasteiger partial charge in [-0.1, -0.05) is 12.2 Å². The van der Waals surface area contributed by atoms with Gasteiger partial charge in [0, 0.05) is 24.3 Å². The zero-order valence-electron chi connectivity index (χ0n) is 9.89. The number of aliphatic hydroxyl groups is 1. The maximum atomic E-state index is 9.48. The predicted molar refractivity (Wildman–Crippen MR) is 72.3 cm³/mol. The second-order valence-electron chi connectivity index (χ2n) is 4.44. The lowest BCUT2D eigenvalue weighted by Gasteiger charge is -2.30. The normalized spacial score (nSPS) is 17.2. The summed E-state index contributed by atoms with van der Waals surface area (Å²) >= 11 is 4.99. The van der Waals surface area contributed by atoms with Crippen molar-refractivity contribution < 1.29 is 5.11 Å². The van der Waals surface area contributed by atoms with E-state index in [0.717, 1.165) is 43.0 Å². The van der Waals surface area contributed by atoms with E-state index in [4.69, 9.17) is 18.0 Å². The molecule has 0 unspecified atom stereocenters. The van der Waals surface area contributed by atoms with Gasteiger partial charge in [0.25, 0.3) is 0 Å². The predicted octanol–water partition coefficient (Wildman–Crippen LogP) is 0.985. The number of aliphatic hydroxyl groups excluding tert-OH is 1. The van der Waals surface area contributed by atoms with Crippen LogP contribution in [0, 0.1) is 6.92 Å². The van der Waals surface area contributed by atoms with Crippen molar-refractivity contribution in [2.24, 2.45) is 5.73 Å². The van der Waals surface area contributed by atoms with Gasteiger partial charge in [-0.2, -0.15) is 0 Å². The van der Waals surface area contributed by atoms with Crippen molar-refractivity contribution in [3.63, 3.8) is 0 Å². The highest BCUT2D eigenvalue weighted by Gasteiger charge is 2.18. The number of nitrogens with zero attached hydrogens (tertiary/aromatic N) is 2. The molecule has 1 aromatic heterocycles. The molecule has 3 N–H and O–H groups in total. The molecule has 1 aliphatic rings. The summed E-state index contributed by atoms with van der Waals surface area (Å²) in [5.41, 5.74) is 7.42. The number of hydrogen-bond acceptors (Lipinski definition) is 4. The molecule has 4 nitrogen and oxygen atoms in total. The number of aryl methyl sites for hydroxylation is 1. The Morgan fingerprint density at radius 1 is 1.47 bits per heavy atom. The molecule has 0 atom stereocenters. The molecule has 5 heteroatoms. The van der Waals surface area contributed by atoms with Crippen molar-refractivity contribution in [1.29, 1.82) is 0 Å². The summed E-state index contributed by atoms with van der Waals surface area (Å²) in [6, 6.07) is 3.82. The van der Waals surface area contributed by atoms with Crippen LogP contribution in [0.15, 0.2) is 12.1 Å². The van der Waals surface area contributed by atoms with E-state index in [1.54, 1.807) is 0 Å². The number of aromatic nitrogens is 1. The van der Waals surface area contributed by atoms with E-state index in [-0.39, 0.29) is 6.10 Å². The van der Waals surface area contributed by atoms with Gasteiger partial charge in [-0.3, -0.25) is 0 Å². The number of anilines is 1. The van der Waals surface area contributed by atoms with Crippen molar-refractivity contribution in [2.75, 3.05) is 18.0 Å². The minimum absolute atomic E-state index is 0.175. The maximum Gasteiger partial charge on any atom is 0.129 e. The summed E-state index contributed by atoms with van der Waals surface area (Å²) in [6.45, 7) is 3.59. The second kappa shape index (κ2) is 4.98. The van der Waals surface area contributed by atoms with Gasteiger partial charge in [0.1, 0.15) is 10.8 Å². The monoisotopic (exact) mass is 251 g/mol. The van der Waals surface area contributed by atoms with Crippen molar-refractivity contribution >= 4 is 23.0 Å². The fraction of sp³-hybridized carbons (Fsp3) is 0.500. The van der Waals surface area contributed by atoms with Crippen LogP contribution in [0.2, 0.25) is 0 Å². The van der Waals surface area contributed by atoms with Crippen LogP contribution in [0.5, 0.6) is 0 Å². The van der Waals surface area contributed by atoms with E-state index in [2.05, 4.69) is 9.88 Å². The van der Waals surface area contributed by atoms with Crippen LogP contribution in [-0.2, 0) is 0 Å². The van der Waals surface area contributed by atoms with Crippen molar-refractivity contribution in [2.45, 2.75) is 25.9 Å². The lowest BCUT2D eigenvalue weighted by molar-refractivity contribution is 0.145. The summed E-state index contributed by atoms with van der Waals surface area (Å²) in [5.74, 6) is 0.903. The Labute approximate surface area is 106 Å². The first-order valence-corrected chi connectivity index (χ1v) is 6.18. The third-order valence-corrected chi connectivity index (χ3v) is 3.25. The smallest absolute Gasteiger partial charge is 0.129 e. The molecule has 1 fully saturated rings. The van der Waals surface area contributed by atoms with Crippen LogP contribution < -0.4 is 10.6 Å². The van der Waals surface area contributed by atoms with E-state index < -0.39 is 0 Å². The summed E-state index contributed by atoms with van der Waals surface area (Å²) < 4.78 is 0. The van der Waals surface area contributed by atoms with Crippen molar-refractivity contribution in [1.82, 2.24) is 4.98 Å². The van der Waals surface area contributed by atoms with Gasteiger partial charge < -0.3 is 15.7 Å². The molecule has 92 valence electrons. The Kier molecular flexibility index (Phi) is 3.59. The molecule has 2 heterocycles. The number of pyridine rings is 1. The Morgan fingerprint density at radius 2 is 2.12 bits per heavy atom. The molecule has 1 aromatic rings. The first-order chi connectivity index (χ1) is 8.06.